The molecule has 3 rings (SSSR count). The highest BCUT2D eigenvalue weighted by Crippen LogP contribution is 2.13. The van der Waals surface area contributed by atoms with Gasteiger partial charge in [-0.1, -0.05) is 12.1 Å². The van der Waals surface area contributed by atoms with Crippen LogP contribution in [0.25, 0.3) is 0 Å². The van der Waals surface area contributed by atoms with Crippen molar-refractivity contribution in [3.05, 3.63) is 54.0 Å². The molecule has 2 heterocycles. The van der Waals surface area contributed by atoms with Gasteiger partial charge in [-0.3, -0.25) is 9.69 Å². The summed E-state index contributed by atoms with van der Waals surface area (Å²) in [6.07, 6.45) is 2.54. The number of hydrogen-bond donors (Lipinski definition) is 3. The predicted octanol–water partition coefficient (Wildman–Crippen LogP) is 2.93. The Morgan fingerprint density at radius 3 is 2.74 bits per heavy atom. The minimum Gasteiger partial charge on any atom is -0.459 e. The fourth-order valence-electron chi connectivity index (χ4n) is 3.19. The van der Waals surface area contributed by atoms with Crippen LogP contribution in [0.5, 0.6) is 0 Å². The zero-order chi connectivity index (χ0) is 21.0. The second-order valence-corrected chi connectivity index (χ2v) is 7.06. The van der Waals surface area contributed by atoms with Gasteiger partial charge < -0.3 is 25.1 Å². The van der Waals surface area contributed by atoms with E-state index < -0.39 is 0 Å². The van der Waals surface area contributed by atoms with E-state index in [-0.39, 0.29) is 35.6 Å². The number of guanidine groups is 1. The van der Waals surface area contributed by atoms with Gasteiger partial charge in [0.1, 0.15) is 0 Å². The molecule has 170 valence electrons. The van der Waals surface area contributed by atoms with E-state index in [1.807, 2.05) is 24.3 Å². The predicted molar refractivity (Wildman–Crippen MR) is 133 cm³/mol. The highest BCUT2D eigenvalue weighted by Gasteiger charge is 2.10. The maximum absolute atomic E-state index is 12.1. The summed E-state index contributed by atoms with van der Waals surface area (Å²) in [7, 11) is 0. The van der Waals surface area contributed by atoms with Crippen molar-refractivity contribution in [1.29, 1.82) is 0 Å². The molecule has 0 spiro atoms. The number of carbonyl (C=O) groups excluding carboxylic acids is 1. The van der Waals surface area contributed by atoms with Gasteiger partial charge in [0.05, 0.1) is 26.0 Å². The number of morpholine rings is 1. The van der Waals surface area contributed by atoms with E-state index in [1.54, 1.807) is 12.1 Å². The molecule has 0 saturated carbocycles. The number of nitrogens with one attached hydrogen (secondary N) is 3. The molecule has 31 heavy (non-hydrogen) atoms. The number of anilines is 1. The number of carbonyl (C=O) groups is 1. The number of hydrogen-bond acceptors (Lipinski definition) is 5. The van der Waals surface area contributed by atoms with E-state index in [0.717, 1.165) is 63.9 Å². The van der Waals surface area contributed by atoms with Crippen LogP contribution in [0.4, 0.5) is 5.69 Å². The molecule has 0 aliphatic carbocycles. The first-order valence-corrected chi connectivity index (χ1v) is 10.5. The molecule has 8 nitrogen and oxygen atoms in total. The number of rotatable bonds is 9. The molecular formula is C22H32IN5O3. The molecule has 3 N–H and O–H groups in total. The second-order valence-electron chi connectivity index (χ2n) is 7.06. The third kappa shape index (κ3) is 8.88. The largest absolute Gasteiger partial charge is 0.459 e. The van der Waals surface area contributed by atoms with Crippen LogP contribution in [-0.2, 0) is 11.3 Å². The minimum absolute atomic E-state index is 0. The van der Waals surface area contributed by atoms with Crippen molar-refractivity contribution >= 4 is 41.5 Å². The van der Waals surface area contributed by atoms with Gasteiger partial charge in [-0.25, -0.2) is 4.99 Å². The topological polar surface area (TPSA) is 91.1 Å². The van der Waals surface area contributed by atoms with Gasteiger partial charge in [0.25, 0.3) is 5.91 Å². The Balaban J connectivity index is 0.00000341. The van der Waals surface area contributed by atoms with Crippen LogP contribution in [0.3, 0.4) is 0 Å². The Bertz CT molecular complexity index is 807. The number of nitrogens with zero attached hydrogens (tertiary/aromatic N) is 2. The lowest BCUT2D eigenvalue weighted by atomic mass is 10.2. The van der Waals surface area contributed by atoms with Crippen LogP contribution in [0.1, 0.15) is 29.5 Å². The van der Waals surface area contributed by atoms with E-state index in [2.05, 4.69) is 32.8 Å². The molecule has 1 fully saturated rings. The number of halogens is 1. The molecule has 1 amide bonds. The monoisotopic (exact) mass is 541 g/mol. The minimum atomic E-state index is -0.268. The summed E-state index contributed by atoms with van der Waals surface area (Å²) in [5.74, 6) is 0.814. The number of ether oxygens (including phenoxy) is 1. The van der Waals surface area contributed by atoms with E-state index >= 15 is 0 Å². The Morgan fingerprint density at radius 2 is 2.00 bits per heavy atom. The van der Waals surface area contributed by atoms with Gasteiger partial charge in [-0.05, 0) is 49.7 Å². The Labute approximate surface area is 200 Å². The second kappa shape index (κ2) is 14.0. The standard InChI is InChI=1S/C22H31N5O3.HI/c1-2-23-22(24-9-5-10-27-11-14-29-15-12-27)25-17-18-6-3-7-19(16-18)26-21(28)20-8-4-13-30-20;/h3-4,6-8,13,16H,2,5,9-12,14-15,17H2,1H3,(H,26,28)(H2,23,24,25);1H. The average Bonchev–Trinajstić information content (AvgIpc) is 3.31. The zero-order valence-corrected chi connectivity index (χ0v) is 20.3. The molecule has 1 aromatic heterocycles. The third-order valence-corrected chi connectivity index (χ3v) is 4.74. The zero-order valence-electron chi connectivity index (χ0n) is 17.9. The Kier molecular flexibility index (Phi) is 11.4. The third-order valence-electron chi connectivity index (χ3n) is 4.74. The molecule has 1 aromatic carbocycles. The summed E-state index contributed by atoms with van der Waals surface area (Å²) < 4.78 is 10.5. The molecule has 0 bridgehead atoms. The smallest absolute Gasteiger partial charge is 0.291 e. The van der Waals surface area contributed by atoms with E-state index in [9.17, 15) is 4.79 Å². The lowest BCUT2D eigenvalue weighted by molar-refractivity contribution is 0.0376. The Hall–Kier alpha value is -2.11. The fraction of sp³-hybridized carbons (Fsp3) is 0.455. The average molecular weight is 541 g/mol. The summed E-state index contributed by atoms with van der Waals surface area (Å²) in [4.78, 5) is 19.2. The summed E-state index contributed by atoms with van der Waals surface area (Å²) in [6.45, 7) is 8.99. The SMILES string of the molecule is CCNC(=NCc1cccc(NC(=O)c2ccco2)c1)NCCCN1CCOCC1.I. The van der Waals surface area contributed by atoms with Gasteiger partial charge in [0.15, 0.2) is 11.7 Å². The first kappa shape index (κ1) is 25.2. The maximum Gasteiger partial charge on any atom is 0.291 e. The summed E-state index contributed by atoms with van der Waals surface area (Å²) in [6, 6.07) is 11.0. The van der Waals surface area contributed by atoms with Crippen molar-refractivity contribution in [3.63, 3.8) is 0 Å². The molecule has 9 heteroatoms. The first-order chi connectivity index (χ1) is 14.7. The van der Waals surface area contributed by atoms with Crippen molar-refractivity contribution in [2.24, 2.45) is 4.99 Å². The molecule has 1 saturated heterocycles. The van der Waals surface area contributed by atoms with Crippen molar-refractivity contribution in [2.75, 3.05) is 51.3 Å². The lowest BCUT2D eigenvalue weighted by Crippen LogP contribution is -2.40. The van der Waals surface area contributed by atoms with Crippen LogP contribution in [0.15, 0.2) is 52.1 Å². The quantitative estimate of drug-likeness (QED) is 0.196. The first-order valence-electron chi connectivity index (χ1n) is 10.5. The normalized spacial score (nSPS) is 14.5. The van der Waals surface area contributed by atoms with Crippen molar-refractivity contribution in [1.82, 2.24) is 15.5 Å². The van der Waals surface area contributed by atoms with Gasteiger partial charge in [-0.2, -0.15) is 0 Å². The van der Waals surface area contributed by atoms with Gasteiger partial charge in [0, 0.05) is 31.9 Å². The van der Waals surface area contributed by atoms with Crippen LogP contribution >= 0.6 is 24.0 Å². The van der Waals surface area contributed by atoms with Gasteiger partial charge >= 0.3 is 0 Å². The highest BCUT2D eigenvalue weighted by molar-refractivity contribution is 14.0. The van der Waals surface area contributed by atoms with Crippen LogP contribution in [0, 0.1) is 0 Å². The van der Waals surface area contributed by atoms with E-state index in [0.29, 0.717) is 12.2 Å². The van der Waals surface area contributed by atoms with Crippen LogP contribution in [0.2, 0.25) is 0 Å². The molecular weight excluding hydrogens is 509 g/mol. The van der Waals surface area contributed by atoms with Gasteiger partial charge in [0.2, 0.25) is 0 Å². The lowest BCUT2D eigenvalue weighted by Gasteiger charge is -2.26. The Morgan fingerprint density at radius 1 is 1.16 bits per heavy atom. The molecule has 1 aliphatic rings. The van der Waals surface area contributed by atoms with Crippen molar-refractivity contribution in [3.8, 4) is 0 Å². The highest BCUT2D eigenvalue weighted by atomic mass is 127. The summed E-state index contributed by atoms with van der Waals surface area (Å²) >= 11 is 0. The molecule has 0 atom stereocenters. The number of aliphatic imine (C=N–C) groups is 1. The molecule has 0 unspecified atom stereocenters. The van der Waals surface area contributed by atoms with Crippen LogP contribution in [-0.4, -0.2) is 62.7 Å². The molecule has 0 radical (unpaired) electrons. The number of furan rings is 1. The number of amides is 1. The van der Waals surface area contributed by atoms with Crippen molar-refractivity contribution < 1.29 is 13.9 Å². The van der Waals surface area contributed by atoms with E-state index in [4.69, 9.17) is 9.15 Å². The maximum atomic E-state index is 12.1. The molecule has 1 aliphatic heterocycles. The summed E-state index contributed by atoms with van der Waals surface area (Å²) in [5, 5.41) is 9.52. The fourth-order valence-corrected chi connectivity index (χ4v) is 3.19. The van der Waals surface area contributed by atoms with E-state index in [1.165, 1.54) is 6.26 Å². The van der Waals surface area contributed by atoms with Crippen molar-refractivity contribution in [2.45, 2.75) is 19.9 Å². The van der Waals surface area contributed by atoms with Crippen LogP contribution < -0.4 is 16.0 Å². The number of benzene rings is 1. The molecule has 2 aromatic rings. The summed E-state index contributed by atoms with van der Waals surface area (Å²) in [5.41, 5.74) is 1.73. The van der Waals surface area contributed by atoms with Gasteiger partial charge in [-0.15, -0.1) is 24.0 Å².